The third kappa shape index (κ3) is 7.31. The van der Waals surface area contributed by atoms with Crippen LogP contribution in [0.25, 0.3) is 0 Å². The number of pyridine rings is 1. The maximum Gasteiger partial charge on any atom is 0.416 e. The number of urea groups is 1. The standard InChI is InChI=1S/C27H19Cl3F3N3O2/c28-19-7-3-17(4-8-19)25(22-11-9-20(29)13-23(22)30)38-24-12-10-21(15-34-24)36-26(37)35-14-16-1-5-18(6-2-16)27(31,32)33/h1-13,15,25H,14H2,(H2,35,36,37). The van der Waals surface area contributed by atoms with Gasteiger partial charge in [0, 0.05) is 33.2 Å². The van der Waals surface area contributed by atoms with E-state index in [1.807, 2.05) is 12.1 Å². The molecule has 38 heavy (non-hydrogen) atoms. The highest BCUT2D eigenvalue weighted by atomic mass is 35.5. The summed E-state index contributed by atoms with van der Waals surface area (Å²) < 4.78 is 44.2. The molecule has 0 spiro atoms. The van der Waals surface area contributed by atoms with E-state index in [0.29, 0.717) is 31.9 Å². The minimum atomic E-state index is -4.41. The number of carbonyl (C=O) groups excluding carboxylic acids is 1. The highest BCUT2D eigenvalue weighted by molar-refractivity contribution is 6.35. The molecule has 3 aromatic carbocycles. The number of amides is 2. The number of carbonyl (C=O) groups is 1. The number of aromatic nitrogens is 1. The summed E-state index contributed by atoms with van der Waals surface area (Å²) in [5, 5.41) is 6.67. The molecule has 0 saturated carbocycles. The fraction of sp³-hybridized carbons (Fsp3) is 0.111. The number of ether oxygens (including phenoxy) is 1. The van der Waals surface area contributed by atoms with E-state index in [4.69, 9.17) is 39.5 Å². The van der Waals surface area contributed by atoms with Gasteiger partial charge < -0.3 is 15.4 Å². The van der Waals surface area contributed by atoms with E-state index in [9.17, 15) is 18.0 Å². The third-order valence-electron chi connectivity index (χ3n) is 5.38. The van der Waals surface area contributed by atoms with E-state index >= 15 is 0 Å². The number of hydrogen-bond donors (Lipinski definition) is 2. The lowest BCUT2D eigenvalue weighted by atomic mass is 10.0. The Morgan fingerprint density at radius 2 is 1.58 bits per heavy atom. The molecule has 0 aliphatic rings. The van der Waals surface area contributed by atoms with Crippen molar-refractivity contribution in [3.05, 3.63) is 122 Å². The Morgan fingerprint density at radius 3 is 2.18 bits per heavy atom. The predicted octanol–water partition coefficient (Wildman–Crippen LogP) is 8.55. The van der Waals surface area contributed by atoms with Crippen LogP contribution in [-0.2, 0) is 12.7 Å². The molecule has 4 aromatic rings. The number of anilines is 1. The maximum atomic E-state index is 12.7. The zero-order chi connectivity index (χ0) is 27.3. The van der Waals surface area contributed by atoms with Crippen molar-refractivity contribution in [2.24, 2.45) is 0 Å². The van der Waals surface area contributed by atoms with Gasteiger partial charge in [-0.05, 0) is 53.6 Å². The van der Waals surface area contributed by atoms with Crippen LogP contribution in [0.3, 0.4) is 0 Å². The third-order valence-corrected chi connectivity index (χ3v) is 6.20. The Bertz CT molecular complexity index is 1400. The lowest BCUT2D eigenvalue weighted by Crippen LogP contribution is -2.28. The van der Waals surface area contributed by atoms with Crippen molar-refractivity contribution in [3.8, 4) is 5.88 Å². The van der Waals surface area contributed by atoms with E-state index in [1.165, 1.54) is 18.3 Å². The Balaban J connectivity index is 1.40. The van der Waals surface area contributed by atoms with Crippen molar-refractivity contribution < 1.29 is 22.7 Å². The number of hydrogen-bond acceptors (Lipinski definition) is 3. The molecule has 2 amide bonds. The van der Waals surface area contributed by atoms with Crippen molar-refractivity contribution in [3.63, 3.8) is 0 Å². The molecule has 0 saturated heterocycles. The first-order chi connectivity index (χ1) is 18.1. The summed E-state index contributed by atoms with van der Waals surface area (Å²) in [6.45, 7) is 0.0449. The van der Waals surface area contributed by atoms with Crippen LogP contribution in [-0.4, -0.2) is 11.0 Å². The SMILES string of the molecule is O=C(NCc1ccc(C(F)(F)F)cc1)Nc1ccc(OC(c2ccc(Cl)cc2)c2ccc(Cl)cc2Cl)nc1. The zero-order valence-corrected chi connectivity index (χ0v) is 21.7. The molecule has 0 aliphatic heterocycles. The van der Waals surface area contributed by atoms with E-state index in [0.717, 1.165) is 17.7 Å². The van der Waals surface area contributed by atoms with Gasteiger partial charge in [-0.25, -0.2) is 9.78 Å². The van der Waals surface area contributed by atoms with E-state index < -0.39 is 23.9 Å². The van der Waals surface area contributed by atoms with Crippen molar-refractivity contribution in [2.45, 2.75) is 18.8 Å². The van der Waals surface area contributed by atoms with Crippen LogP contribution >= 0.6 is 34.8 Å². The quantitative estimate of drug-likeness (QED) is 0.230. The van der Waals surface area contributed by atoms with Crippen LogP contribution in [0.1, 0.15) is 28.4 Å². The highest BCUT2D eigenvalue weighted by Gasteiger charge is 2.29. The number of nitrogens with zero attached hydrogens (tertiary/aromatic N) is 1. The van der Waals surface area contributed by atoms with Crippen LogP contribution in [0.4, 0.5) is 23.7 Å². The summed E-state index contributed by atoms with van der Waals surface area (Å²) in [6, 6.07) is 19.4. The van der Waals surface area contributed by atoms with Crippen molar-refractivity contribution in [2.75, 3.05) is 5.32 Å². The molecule has 0 bridgehead atoms. The Morgan fingerprint density at radius 1 is 0.895 bits per heavy atom. The summed E-state index contributed by atoms with van der Waals surface area (Å²) >= 11 is 18.5. The average molecular weight is 581 g/mol. The lowest BCUT2D eigenvalue weighted by molar-refractivity contribution is -0.137. The van der Waals surface area contributed by atoms with Gasteiger partial charge in [0.05, 0.1) is 17.4 Å². The number of halogens is 6. The number of benzene rings is 3. The summed E-state index contributed by atoms with van der Waals surface area (Å²) in [5.41, 5.74) is 1.60. The van der Waals surface area contributed by atoms with Crippen LogP contribution in [0.5, 0.6) is 5.88 Å². The molecule has 1 heterocycles. The van der Waals surface area contributed by atoms with Crippen molar-refractivity contribution in [1.29, 1.82) is 0 Å². The average Bonchev–Trinajstić information content (AvgIpc) is 2.88. The fourth-order valence-electron chi connectivity index (χ4n) is 3.48. The Kier molecular flexibility index (Phi) is 8.66. The van der Waals surface area contributed by atoms with Crippen LogP contribution < -0.4 is 15.4 Å². The van der Waals surface area contributed by atoms with Gasteiger partial charge in [0.15, 0.2) is 6.10 Å². The van der Waals surface area contributed by atoms with Crippen molar-refractivity contribution in [1.82, 2.24) is 10.3 Å². The molecule has 0 aliphatic carbocycles. The second kappa shape index (κ2) is 11.9. The Labute approximate surface area is 231 Å². The van der Waals surface area contributed by atoms with Crippen LogP contribution in [0.15, 0.2) is 85.1 Å². The molecule has 4 rings (SSSR count). The topological polar surface area (TPSA) is 63.2 Å². The molecule has 1 aromatic heterocycles. The zero-order valence-electron chi connectivity index (χ0n) is 19.4. The molecule has 2 N–H and O–H groups in total. The number of alkyl halides is 3. The minimum Gasteiger partial charge on any atom is -0.464 e. The fourth-order valence-corrected chi connectivity index (χ4v) is 4.11. The van der Waals surface area contributed by atoms with Gasteiger partial charge in [-0.15, -0.1) is 0 Å². The van der Waals surface area contributed by atoms with Gasteiger partial charge in [0.1, 0.15) is 0 Å². The first-order valence-electron chi connectivity index (χ1n) is 11.1. The van der Waals surface area contributed by atoms with Crippen molar-refractivity contribution >= 4 is 46.5 Å². The lowest BCUT2D eigenvalue weighted by Gasteiger charge is -2.21. The van der Waals surface area contributed by atoms with E-state index in [1.54, 1.807) is 42.5 Å². The molecule has 0 fully saturated rings. The summed E-state index contributed by atoms with van der Waals surface area (Å²) in [5.74, 6) is 0.270. The predicted molar refractivity (Wildman–Crippen MR) is 142 cm³/mol. The van der Waals surface area contributed by atoms with Gasteiger partial charge in [-0.3, -0.25) is 0 Å². The van der Waals surface area contributed by atoms with Gasteiger partial charge in [0.25, 0.3) is 0 Å². The van der Waals surface area contributed by atoms with Gasteiger partial charge in [-0.2, -0.15) is 13.2 Å². The second-order valence-corrected chi connectivity index (χ2v) is 9.38. The molecular weight excluding hydrogens is 562 g/mol. The van der Waals surface area contributed by atoms with Crippen LogP contribution in [0.2, 0.25) is 15.1 Å². The van der Waals surface area contributed by atoms with Gasteiger partial charge in [-0.1, -0.05) is 65.1 Å². The van der Waals surface area contributed by atoms with E-state index in [2.05, 4.69) is 15.6 Å². The highest BCUT2D eigenvalue weighted by Crippen LogP contribution is 2.34. The minimum absolute atomic E-state index is 0.0449. The van der Waals surface area contributed by atoms with Gasteiger partial charge in [0.2, 0.25) is 5.88 Å². The number of nitrogens with one attached hydrogen (secondary N) is 2. The Hall–Kier alpha value is -3.46. The molecule has 196 valence electrons. The molecule has 5 nitrogen and oxygen atoms in total. The summed E-state index contributed by atoms with van der Waals surface area (Å²) in [7, 11) is 0. The van der Waals surface area contributed by atoms with E-state index in [-0.39, 0.29) is 12.4 Å². The second-order valence-electron chi connectivity index (χ2n) is 8.10. The molecule has 0 radical (unpaired) electrons. The maximum absolute atomic E-state index is 12.7. The smallest absolute Gasteiger partial charge is 0.416 e. The first-order valence-corrected chi connectivity index (χ1v) is 12.3. The van der Waals surface area contributed by atoms with Crippen LogP contribution in [0, 0.1) is 0 Å². The largest absolute Gasteiger partial charge is 0.464 e. The summed E-state index contributed by atoms with van der Waals surface area (Å²) in [6.07, 6.45) is -3.62. The molecular formula is C27H19Cl3F3N3O2. The number of rotatable bonds is 7. The molecule has 1 atom stereocenters. The normalized spacial score (nSPS) is 12.1. The van der Waals surface area contributed by atoms with Gasteiger partial charge >= 0.3 is 12.2 Å². The molecule has 11 heteroatoms. The summed E-state index contributed by atoms with van der Waals surface area (Å²) in [4.78, 5) is 16.5. The monoisotopic (exact) mass is 579 g/mol. The first kappa shape index (κ1) is 27.6. The molecule has 1 unspecified atom stereocenters.